The van der Waals surface area contributed by atoms with Gasteiger partial charge in [-0.15, -0.1) is 11.3 Å². The van der Waals surface area contributed by atoms with E-state index in [0.717, 1.165) is 31.6 Å². The Morgan fingerprint density at radius 1 is 1.39 bits per heavy atom. The molecule has 3 heterocycles. The molecule has 1 aromatic heterocycles. The number of fused-ring (bicyclic) bond motifs is 2. The number of carboxylic acid groups (broad SMARTS) is 1. The van der Waals surface area contributed by atoms with Crippen LogP contribution in [-0.4, -0.2) is 53.6 Å². The molecular weight excluding hydrogens is 416 g/mol. The Labute approximate surface area is 185 Å². The zero-order valence-electron chi connectivity index (χ0n) is 17.6. The van der Waals surface area contributed by atoms with Crippen LogP contribution in [0.25, 0.3) is 0 Å². The summed E-state index contributed by atoms with van der Waals surface area (Å²) in [6.07, 6.45) is 3.86. The predicted molar refractivity (Wildman–Crippen MR) is 117 cm³/mol. The van der Waals surface area contributed by atoms with Crippen molar-refractivity contribution >= 4 is 23.0 Å². The number of carboxylic acids is 1. The summed E-state index contributed by atoms with van der Waals surface area (Å²) >= 11 is 1.33. The molecule has 2 aromatic rings. The Balaban J connectivity index is 1.22. The molecule has 0 radical (unpaired) electrons. The fourth-order valence-corrected chi connectivity index (χ4v) is 6.16. The van der Waals surface area contributed by atoms with E-state index >= 15 is 0 Å². The van der Waals surface area contributed by atoms with E-state index in [1.807, 2.05) is 6.07 Å². The van der Waals surface area contributed by atoms with Gasteiger partial charge in [-0.2, -0.15) is 0 Å². The van der Waals surface area contributed by atoms with Crippen LogP contribution in [0, 0.1) is 11.8 Å². The quantitative estimate of drug-likeness (QED) is 0.729. The number of aromatic carboxylic acids is 1. The number of aryl methyl sites for hydroxylation is 1. The van der Waals surface area contributed by atoms with E-state index in [0.29, 0.717) is 18.0 Å². The lowest BCUT2D eigenvalue weighted by Gasteiger charge is -2.34. The molecule has 5 atom stereocenters. The highest BCUT2D eigenvalue weighted by Crippen LogP contribution is 2.46. The van der Waals surface area contributed by atoms with Gasteiger partial charge in [0, 0.05) is 43.1 Å². The van der Waals surface area contributed by atoms with Crippen LogP contribution in [0.5, 0.6) is 5.75 Å². The van der Waals surface area contributed by atoms with Crippen molar-refractivity contribution < 1.29 is 24.5 Å². The number of hydrogen-bond donors (Lipinski definition) is 2. The zero-order chi connectivity index (χ0) is 21.5. The summed E-state index contributed by atoms with van der Waals surface area (Å²) in [7, 11) is 2.12. The van der Waals surface area contributed by atoms with E-state index in [1.165, 1.54) is 29.0 Å². The molecule has 7 nitrogen and oxygen atoms in total. The van der Waals surface area contributed by atoms with Crippen LogP contribution in [0.3, 0.4) is 0 Å². The first-order valence-corrected chi connectivity index (χ1v) is 11.9. The van der Waals surface area contributed by atoms with Crippen LogP contribution in [-0.2, 0) is 11.2 Å². The molecule has 2 N–H and O–H groups in total. The van der Waals surface area contributed by atoms with E-state index in [9.17, 15) is 9.90 Å². The summed E-state index contributed by atoms with van der Waals surface area (Å²) in [6.45, 7) is 1.53. The van der Waals surface area contributed by atoms with E-state index in [1.54, 1.807) is 5.38 Å². The molecule has 0 amide bonds. The molecular formula is C23H28N2O5S. The second kappa shape index (κ2) is 8.41. The average Bonchev–Trinajstić information content (AvgIpc) is 3.37. The highest BCUT2D eigenvalue weighted by Gasteiger charge is 2.47. The van der Waals surface area contributed by atoms with Crippen LogP contribution in [0.2, 0.25) is 0 Å². The van der Waals surface area contributed by atoms with Gasteiger partial charge in [0.05, 0.1) is 18.8 Å². The first-order valence-electron chi connectivity index (χ1n) is 11.0. The molecule has 1 aliphatic carbocycles. The normalized spacial score (nSPS) is 30.0. The van der Waals surface area contributed by atoms with Crippen molar-refractivity contribution in [3.63, 3.8) is 0 Å². The second-order valence-electron chi connectivity index (χ2n) is 8.87. The van der Waals surface area contributed by atoms with E-state index in [4.69, 9.17) is 14.6 Å². The molecule has 0 unspecified atom stereocenters. The number of carbonyl (C=O) groups is 1. The number of anilines is 1. The highest BCUT2D eigenvalue weighted by atomic mass is 32.1. The summed E-state index contributed by atoms with van der Waals surface area (Å²) in [4.78, 5) is 17.6. The lowest BCUT2D eigenvalue weighted by Crippen LogP contribution is -2.33. The molecule has 5 rings (SSSR count). The van der Waals surface area contributed by atoms with Crippen molar-refractivity contribution in [3.8, 4) is 5.75 Å². The first kappa shape index (κ1) is 20.7. The number of aliphatic hydroxyl groups is 1. The van der Waals surface area contributed by atoms with Crippen LogP contribution in [0.15, 0.2) is 23.6 Å². The van der Waals surface area contributed by atoms with Gasteiger partial charge in [-0.05, 0) is 43.2 Å². The van der Waals surface area contributed by atoms with Crippen LogP contribution in [0.1, 0.15) is 52.8 Å². The summed E-state index contributed by atoms with van der Waals surface area (Å²) in [6, 6.07) is 6.30. The minimum Gasteiger partial charge on any atom is -0.493 e. The Kier molecular flexibility index (Phi) is 5.62. The van der Waals surface area contributed by atoms with E-state index in [2.05, 4.69) is 29.1 Å². The maximum atomic E-state index is 11.1. The van der Waals surface area contributed by atoms with Crippen LogP contribution >= 0.6 is 11.3 Å². The van der Waals surface area contributed by atoms with Gasteiger partial charge in [0.2, 0.25) is 0 Å². The van der Waals surface area contributed by atoms with Gasteiger partial charge in [0.15, 0.2) is 5.69 Å². The van der Waals surface area contributed by atoms with E-state index in [-0.39, 0.29) is 29.7 Å². The lowest BCUT2D eigenvalue weighted by molar-refractivity contribution is -0.0811. The molecule has 0 bridgehead atoms. The second-order valence-corrected chi connectivity index (χ2v) is 9.76. The van der Waals surface area contributed by atoms with Gasteiger partial charge in [-0.25, -0.2) is 9.78 Å². The SMILES string of the molecule is CN1CCCc2ccc(OC[C@@H]3[C@H]4CC[C@H](c5nc(C(=O)O)cs5)O[C@H]4C[C@@H]3O)cc21. The monoisotopic (exact) mass is 444 g/mol. The number of benzene rings is 1. The molecule has 8 heteroatoms. The molecule has 1 saturated carbocycles. The molecule has 1 aromatic carbocycles. The maximum absolute atomic E-state index is 11.1. The maximum Gasteiger partial charge on any atom is 0.355 e. The van der Waals surface area contributed by atoms with E-state index < -0.39 is 12.1 Å². The van der Waals surface area contributed by atoms with Gasteiger partial charge in [-0.1, -0.05) is 6.07 Å². The molecule has 1 saturated heterocycles. The Hall–Kier alpha value is -2.16. The zero-order valence-corrected chi connectivity index (χ0v) is 18.4. The largest absolute Gasteiger partial charge is 0.493 e. The predicted octanol–water partition coefficient (Wildman–Crippen LogP) is 3.52. The number of hydrogen-bond acceptors (Lipinski definition) is 7. The van der Waals surface area contributed by atoms with Gasteiger partial charge in [0.25, 0.3) is 0 Å². The van der Waals surface area contributed by atoms with Crippen molar-refractivity contribution in [2.75, 3.05) is 25.1 Å². The summed E-state index contributed by atoms with van der Waals surface area (Å²) in [5.41, 5.74) is 2.67. The van der Waals surface area contributed by atoms with Crippen molar-refractivity contribution in [1.82, 2.24) is 4.98 Å². The molecule has 3 aliphatic rings. The Morgan fingerprint density at radius 3 is 3.06 bits per heavy atom. The fourth-order valence-electron chi connectivity index (χ4n) is 5.30. The lowest BCUT2D eigenvalue weighted by atomic mass is 9.87. The molecule has 31 heavy (non-hydrogen) atoms. The van der Waals surface area contributed by atoms with Gasteiger partial charge >= 0.3 is 5.97 Å². The molecule has 166 valence electrons. The number of ether oxygens (including phenoxy) is 2. The molecule has 2 fully saturated rings. The number of aromatic nitrogens is 1. The topological polar surface area (TPSA) is 92.1 Å². The highest BCUT2D eigenvalue weighted by molar-refractivity contribution is 7.09. The van der Waals surface area contributed by atoms with Crippen molar-refractivity contribution in [2.45, 2.75) is 50.4 Å². The van der Waals surface area contributed by atoms with Gasteiger partial charge in [-0.3, -0.25) is 0 Å². The standard InChI is InChI=1S/C23H28N2O5S/c1-25-8-2-3-13-4-5-14(9-18(13)25)29-11-16-15-6-7-20(30-21(15)10-19(16)26)22-24-17(12-31-22)23(27)28/h4-5,9,12,15-16,19-21,26H,2-3,6-8,10-11H2,1H3,(H,27,28)/t15-,16-,19+,20-,21+/m1/s1. The number of thiazole rings is 1. The van der Waals surface area contributed by atoms with Crippen molar-refractivity contribution in [3.05, 3.63) is 39.8 Å². The molecule has 2 aliphatic heterocycles. The third kappa shape index (κ3) is 4.04. The third-order valence-electron chi connectivity index (χ3n) is 6.96. The van der Waals surface area contributed by atoms with Crippen molar-refractivity contribution in [2.24, 2.45) is 11.8 Å². The summed E-state index contributed by atoms with van der Waals surface area (Å²) < 4.78 is 12.4. The fraction of sp³-hybridized carbons (Fsp3) is 0.565. The molecule has 0 spiro atoms. The Bertz CT molecular complexity index is 963. The minimum atomic E-state index is -1.02. The van der Waals surface area contributed by atoms with Crippen LogP contribution < -0.4 is 9.64 Å². The first-order chi connectivity index (χ1) is 15.0. The smallest absolute Gasteiger partial charge is 0.355 e. The van der Waals surface area contributed by atoms with Crippen molar-refractivity contribution in [1.29, 1.82) is 0 Å². The summed E-state index contributed by atoms with van der Waals surface area (Å²) in [5.74, 6) is 0.107. The van der Waals surface area contributed by atoms with Gasteiger partial charge in [0.1, 0.15) is 16.9 Å². The average molecular weight is 445 g/mol. The number of aliphatic hydroxyl groups excluding tert-OH is 1. The Morgan fingerprint density at radius 2 is 2.26 bits per heavy atom. The number of rotatable bonds is 5. The minimum absolute atomic E-state index is 0.0330. The van der Waals surface area contributed by atoms with Gasteiger partial charge < -0.3 is 24.6 Å². The van der Waals surface area contributed by atoms with Crippen LogP contribution in [0.4, 0.5) is 5.69 Å². The number of nitrogens with zero attached hydrogens (tertiary/aromatic N) is 2. The summed E-state index contributed by atoms with van der Waals surface area (Å²) in [5, 5.41) is 22.1. The third-order valence-corrected chi connectivity index (χ3v) is 7.90.